The molecule has 2 aliphatic rings. The van der Waals surface area contributed by atoms with Crippen molar-refractivity contribution in [3.63, 3.8) is 0 Å². The quantitative estimate of drug-likeness (QED) is 0.876. The van der Waals surface area contributed by atoms with Gasteiger partial charge in [-0.25, -0.2) is 0 Å². The molecule has 2 unspecified atom stereocenters. The van der Waals surface area contributed by atoms with Gasteiger partial charge in [0.05, 0.1) is 32.0 Å². The van der Waals surface area contributed by atoms with Gasteiger partial charge in [-0.15, -0.1) is 0 Å². The number of nitrogens with zero attached hydrogens (tertiary/aromatic N) is 2. The standard InChI is InChI=1S/C19H29N3O3/c1-15-11-22(12-16(2)25-15)14-19(23)20-18-5-3-17(4-6-18)13-21-7-9-24-10-8-21/h3-6,15-16H,7-14H2,1-2H3,(H,20,23). The zero-order valence-corrected chi connectivity index (χ0v) is 15.2. The van der Waals surface area contributed by atoms with Crippen LogP contribution in [0.5, 0.6) is 0 Å². The van der Waals surface area contributed by atoms with Gasteiger partial charge < -0.3 is 14.8 Å². The second-order valence-electron chi connectivity index (χ2n) is 7.09. The molecule has 0 aliphatic carbocycles. The summed E-state index contributed by atoms with van der Waals surface area (Å²) < 4.78 is 11.1. The molecule has 1 N–H and O–H groups in total. The van der Waals surface area contributed by atoms with E-state index in [2.05, 4.69) is 27.2 Å². The number of hydrogen-bond donors (Lipinski definition) is 1. The number of hydrogen-bond acceptors (Lipinski definition) is 5. The fourth-order valence-corrected chi connectivity index (χ4v) is 3.53. The monoisotopic (exact) mass is 347 g/mol. The number of carbonyl (C=O) groups is 1. The van der Waals surface area contributed by atoms with Crippen LogP contribution in [0.3, 0.4) is 0 Å². The van der Waals surface area contributed by atoms with Crippen LogP contribution in [-0.4, -0.2) is 73.9 Å². The minimum absolute atomic E-state index is 0.0298. The van der Waals surface area contributed by atoms with Crippen molar-refractivity contribution in [3.8, 4) is 0 Å². The van der Waals surface area contributed by atoms with Crippen molar-refractivity contribution in [2.45, 2.75) is 32.6 Å². The molecule has 0 radical (unpaired) electrons. The molecule has 2 fully saturated rings. The summed E-state index contributed by atoms with van der Waals surface area (Å²) in [7, 11) is 0. The van der Waals surface area contributed by atoms with Gasteiger partial charge >= 0.3 is 0 Å². The molecule has 2 heterocycles. The summed E-state index contributed by atoms with van der Waals surface area (Å²) >= 11 is 0. The zero-order valence-electron chi connectivity index (χ0n) is 15.2. The molecular formula is C19H29N3O3. The fraction of sp³-hybridized carbons (Fsp3) is 0.632. The van der Waals surface area contributed by atoms with Crippen LogP contribution >= 0.6 is 0 Å². The van der Waals surface area contributed by atoms with E-state index in [1.807, 2.05) is 26.0 Å². The SMILES string of the molecule is CC1CN(CC(=O)Nc2ccc(CN3CCOCC3)cc2)CC(C)O1. The maximum Gasteiger partial charge on any atom is 0.238 e. The van der Waals surface area contributed by atoms with Crippen LogP contribution in [-0.2, 0) is 20.8 Å². The van der Waals surface area contributed by atoms with Crippen molar-refractivity contribution >= 4 is 11.6 Å². The Kier molecular flexibility index (Phi) is 6.42. The third kappa shape index (κ3) is 5.78. The highest BCUT2D eigenvalue weighted by atomic mass is 16.5. The molecule has 1 aromatic carbocycles. The molecule has 0 aromatic heterocycles. The number of benzene rings is 1. The van der Waals surface area contributed by atoms with Crippen molar-refractivity contribution in [2.75, 3.05) is 51.3 Å². The highest BCUT2D eigenvalue weighted by Gasteiger charge is 2.23. The summed E-state index contributed by atoms with van der Waals surface area (Å²) in [5.41, 5.74) is 2.11. The number of anilines is 1. The fourth-order valence-electron chi connectivity index (χ4n) is 3.53. The molecular weight excluding hydrogens is 318 g/mol. The first-order chi connectivity index (χ1) is 12.1. The number of rotatable bonds is 5. The molecule has 138 valence electrons. The average molecular weight is 347 g/mol. The molecule has 1 amide bonds. The van der Waals surface area contributed by atoms with Crippen LogP contribution in [0.2, 0.25) is 0 Å². The second kappa shape index (κ2) is 8.76. The topological polar surface area (TPSA) is 54.0 Å². The smallest absolute Gasteiger partial charge is 0.238 e. The lowest BCUT2D eigenvalue weighted by molar-refractivity contribution is -0.121. The summed E-state index contributed by atoms with van der Waals surface area (Å²) in [6, 6.07) is 8.14. The van der Waals surface area contributed by atoms with E-state index in [0.29, 0.717) is 6.54 Å². The molecule has 0 saturated carbocycles. The first kappa shape index (κ1) is 18.3. The van der Waals surface area contributed by atoms with Crippen LogP contribution in [0.25, 0.3) is 0 Å². The highest BCUT2D eigenvalue weighted by Crippen LogP contribution is 2.14. The number of nitrogens with one attached hydrogen (secondary N) is 1. The summed E-state index contributed by atoms with van der Waals surface area (Å²) in [5, 5.41) is 2.99. The Balaban J connectivity index is 1.46. The molecule has 6 nitrogen and oxygen atoms in total. The Morgan fingerprint density at radius 3 is 2.36 bits per heavy atom. The molecule has 2 atom stereocenters. The third-order valence-corrected chi connectivity index (χ3v) is 4.61. The van der Waals surface area contributed by atoms with Gasteiger partial charge in [0.1, 0.15) is 0 Å². The number of morpholine rings is 2. The summed E-state index contributed by atoms with van der Waals surface area (Å²) in [6.07, 6.45) is 0.354. The molecule has 0 spiro atoms. The largest absolute Gasteiger partial charge is 0.379 e. The van der Waals surface area contributed by atoms with Crippen molar-refractivity contribution in [1.82, 2.24) is 9.80 Å². The predicted octanol–water partition coefficient (Wildman–Crippen LogP) is 1.57. The maximum atomic E-state index is 12.3. The Bertz CT molecular complexity index is 548. The van der Waals surface area contributed by atoms with E-state index in [1.54, 1.807) is 0 Å². The van der Waals surface area contributed by atoms with Gasteiger partial charge in [0, 0.05) is 38.4 Å². The Morgan fingerprint density at radius 2 is 1.72 bits per heavy atom. The lowest BCUT2D eigenvalue weighted by Gasteiger charge is -2.34. The predicted molar refractivity (Wildman–Crippen MR) is 97.6 cm³/mol. The minimum atomic E-state index is 0.0298. The highest BCUT2D eigenvalue weighted by molar-refractivity contribution is 5.92. The summed E-state index contributed by atoms with van der Waals surface area (Å²) in [4.78, 5) is 16.8. The molecule has 25 heavy (non-hydrogen) atoms. The summed E-state index contributed by atoms with van der Waals surface area (Å²) in [6.45, 7) is 10.6. The molecule has 2 aliphatic heterocycles. The molecule has 0 bridgehead atoms. The molecule has 1 aromatic rings. The Morgan fingerprint density at radius 1 is 1.08 bits per heavy atom. The van der Waals surface area contributed by atoms with E-state index in [0.717, 1.165) is 51.6 Å². The van der Waals surface area contributed by atoms with E-state index in [1.165, 1.54) is 5.56 Å². The summed E-state index contributed by atoms with van der Waals surface area (Å²) in [5.74, 6) is 0.0298. The second-order valence-corrected chi connectivity index (χ2v) is 7.09. The zero-order chi connectivity index (χ0) is 17.6. The van der Waals surface area contributed by atoms with E-state index >= 15 is 0 Å². The molecule has 3 rings (SSSR count). The van der Waals surface area contributed by atoms with Gasteiger partial charge in [0.2, 0.25) is 5.91 Å². The van der Waals surface area contributed by atoms with Crippen LogP contribution < -0.4 is 5.32 Å². The minimum Gasteiger partial charge on any atom is -0.379 e. The van der Waals surface area contributed by atoms with Gasteiger partial charge in [0.25, 0.3) is 0 Å². The van der Waals surface area contributed by atoms with Gasteiger partial charge in [-0.1, -0.05) is 12.1 Å². The number of ether oxygens (including phenoxy) is 2. The van der Waals surface area contributed by atoms with E-state index in [4.69, 9.17) is 9.47 Å². The normalized spacial score (nSPS) is 25.7. The van der Waals surface area contributed by atoms with Crippen molar-refractivity contribution in [3.05, 3.63) is 29.8 Å². The molecule has 6 heteroatoms. The van der Waals surface area contributed by atoms with Crippen molar-refractivity contribution in [2.24, 2.45) is 0 Å². The van der Waals surface area contributed by atoms with Crippen LogP contribution in [0, 0.1) is 0 Å². The van der Waals surface area contributed by atoms with Gasteiger partial charge in [-0.05, 0) is 31.5 Å². The van der Waals surface area contributed by atoms with Gasteiger partial charge in [-0.3, -0.25) is 14.6 Å². The maximum absolute atomic E-state index is 12.3. The third-order valence-electron chi connectivity index (χ3n) is 4.61. The van der Waals surface area contributed by atoms with Crippen LogP contribution in [0.15, 0.2) is 24.3 Å². The van der Waals surface area contributed by atoms with Crippen LogP contribution in [0.1, 0.15) is 19.4 Å². The Labute approximate surface area is 150 Å². The van der Waals surface area contributed by atoms with E-state index in [9.17, 15) is 4.79 Å². The molecule has 2 saturated heterocycles. The van der Waals surface area contributed by atoms with E-state index in [-0.39, 0.29) is 18.1 Å². The lowest BCUT2D eigenvalue weighted by atomic mass is 10.2. The van der Waals surface area contributed by atoms with Crippen molar-refractivity contribution in [1.29, 1.82) is 0 Å². The first-order valence-electron chi connectivity index (χ1n) is 9.15. The first-order valence-corrected chi connectivity index (χ1v) is 9.15. The number of carbonyl (C=O) groups excluding carboxylic acids is 1. The van der Waals surface area contributed by atoms with Crippen LogP contribution in [0.4, 0.5) is 5.69 Å². The average Bonchev–Trinajstić information content (AvgIpc) is 2.56. The lowest BCUT2D eigenvalue weighted by Crippen LogP contribution is -2.48. The van der Waals surface area contributed by atoms with Gasteiger partial charge in [0.15, 0.2) is 0 Å². The Hall–Kier alpha value is -1.47. The van der Waals surface area contributed by atoms with Gasteiger partial charge in [-0.2, -0.15) is 0 Å². The number of amides is 1. The van der Waals surface area contributed by atoms with E-state index < -0.39 is 0 Å². The van der Waals surface area contributed by atoms with Crippen molar-refractivity contribution < 1.29 is 14.3 Å².